The second kappa shape index (κ2) is 0.522. The van der Waals surface area contributed by atoms with Crippen LogP contribution in [0.2, 0.25) is 0 Å². The van der Waals surface area contributed by atoms with Gasteiger partial charge in [-0.25, -0.2) is 4.39 Å². The van der Waals surface area contributed by atoms with Crippen molar-refractivity contribution in [2.24, 2.45) is 0 Å². The summed E-state index contributed by atoms with van der Waals surface area (Å²) in [6.07, 6.45) is 0.458. The lowest BCUT2D eigenvalue weighted by molar-refractivity contribution is -0.0496. The maximum Gasteiger partial charge on any atom is 0.241 e. The van der Waals surface area contributed by atoms with Gasteiger partial charge in [0.05, 0.1) is 0 Å². The smallest absolute Gasteiger partial charge is 0.209 e. The second-order valence-electron chi connectivity index (χ2n) is 1.38. The first-order chi connectivity index (χ1) is 2.21. The Labute approximate surface area is 29.4 Å². The van der Waals surface area contributed by atoms with Gasteiger partial charge in [0, 0.05) is 12.8 Å². The fourth-order valence-electron chi connectivity index (χ4n) is 0.0983. The predicted molar refractivity (Wildman–Crippen MR) is 13.8 cm³/mol. The molecule has 0 N–H and O–H groups in total. The fourth-order valence-corrected chi connectivity index (χ4v) is 0.0983. The molecule has 1 radical (unpaired) electrons. The Morgan fingerprint density at radius 2 is 1.80 bits per heavy atom. The molecule has 0 bridgehead atoms. The number of rotatable bonds is 0. The summed E-state index contributed by atoms with van der Waals surface area (Å²) in [6, 6.07) is 0. The van der Waals surface area contributed by atoms with Gasteiger partial charge in [0.15, 0.2) is 0 Å². The molecule has 1 aliphatic carbocycles. The molecule has 0 amide bonds. The van der Waals surface area contributed by atoms with Gasteiger partial charge in [-0.3, -0.25) is 0 Å². The maximum atomic E-state index is 11.2. The molecule has 5 heavy (non-hydrogen) atoms. The quantitative estimate of drug-likeness (QED) is 0.407. The summed E-state index contributed by atoms with van der Waals surface area (Å²) in [6.45, 7) is 0. The molecule has 0 heterocycles. The zero-order chi connectivity index (χ0) is 3.91. The van der Waals surface area contributed by atoms with Crippen LogP contribution in [0.3, 0.4) is 0 Å². The molecule has 0 unspecified atom stereocenters. The van der Waals surface area contributed by atoms with E-state index in [9.17, 15) is 9.50 Å². The van der Waals surface area contributed by atoms with Gasteiger partial charge in [0.1, 0.15) is 0 Å². The van der Waals surface area contributed by atoms with Crippen LogP contribution >= 0.6 is 0 Å². The maximum absolute atomic E-state index is 11.2. The standard InChI is InChI=1S/C3H4FO/c4-3(5)1-2-3/h1-2H2. The van der Waals surface area contributed by atoms with E-state index in [-0.39, 0.29) is 12.8 Å². The predicted octanol–water partition coefficient (Wildman–Crippen LogP) is 0.877. The number of hydrogen-bond donors (Lipinski definition) is 0. The molecule has 0 aromatic carbocycles. The van der Waals surface area contributed by atoms with Crippen molar-refractivity contribution in [1.29, 1.82) is 0 Å². The molecule has 0 atom stereocenters. The van der Waals surface area contributed by atoms with Gasteiger partial charge in [0.25, 0.3) is 0 Å². The molecule has 2 heteroatoms. The molecule has 0 aromatic rings. The lowest BCUT2D eigenvalue weighted by Crippen LogP contribution is -1.87. The van der Waals surface area contributed by atoms with Crippen molar-refractivity contribution < 1.29 is 9.50 Å². The van der Waals surface area contributed by atoms with Gasteiger partial charge in [0.2, 0.25) is 5.85 Å². The Morgan fingerprint density at radius 1 is 1.60 bits per heavy atom. The molecule has 1 rings (SSSR count). The van der Waals surface area contributed by atoms with Crippen molar-refractivity contribution in [3.63, 3.8) is 0 Å². The molecule has 1 saturated carbocycles. The van der Waals surface area contributed by atoms with Gasteiger partial charge in [-0.1, -0.05) is 0 Å². The molecular formula is C3H4FO. The highest BCUT2D eigenvalue weighted by Crippen LogP contribution is 2.36. The molecule has 1 nitrogen and oxygen atoms in total. The average Bonchev–Trinajstić information content (AvgIpc) is 1.76. The Bertz CT molecular complexity index is 44.9. The summed E-state index contributed by atoms with van der Waals surface area (Å²) in [5.74, 6) is -2.00. The molecule has 1 fully saturated rings. The molecular weight excluding hydrogens is 71.0 g/mol. The molecule has 0 saturated heterocycles. The van der Waals surface area contributed by atoms with E-state index >= 15 is 0 Å². The van der Waals surface area contributed by atoms with Crippen LogP contribution in [0.5, 0.6) is 0 Å². The zero-order valence-corrected chi connectivity index (χ0v) is 2.70. The second-order valence-corrected chi connectivity index (χ2v) is 1.38. The van der Waals surface area contributed by atoms with Gasteiger partial charge >= 0.3 is 0 Å². The first-order valence-corrected chi connectivity index (χ1v) is 1.60. The van der Waals surface area contributed by atoms with Gasteiger partial charge in [-0.05, 0) is 0 Å². The minimum Gasteiger partial charge on any atom is -0.209 e. The van der Waals surface area contributed by atoms with Crippen LogP contribution in [0.25, 0.3) is 0 Å². The SMILES string of the molecule is [O]C1(F)CC1. The highest BCUT2D eigenvalue weighted by atomic mass is 19.2. The zero-order valence-electron chi connectivity index (χ0n) is 2.70. The first-order valence-electron chi connectivity index (χ1n) is 1.60. The van der Waals surface area contributed by atoms with Crippen molar-refractivity contribution in [1.82, 2.24) is 0 Å². The molecule has 0 aliphatic heterocycles. The normalized spacial score (nSPS) is 30.0. The molecule has 29 valence electrons. The lowest BCUT2D eigenvalue weighted by Gasteiger charge is -1.76. The average molecular weight is 75.1 g/mol. The van der Waals surface area contributed by atoms with Crippen LogP contribution in [-0.2, 0) is 5.11 Å². The summed E-state index contributed by atoms with van der Waals surface area (Å²) < 4.78 is 11.2. The van der Waals surface area contributed by atoms with Gasteiger partial charge < -0.3 is 0 Å². The van der Waals surface area contributed by atoms with Crippen LogP contribution in [0.15, 0.2) is 0 Å². The van der Waals surface area contributed by atoms with Crippen molar-refractivity contribution in [2.75, 3.05) is 0 Å². The van der Waals surface area contributed by atoms with Crippen LogP contribution in [0.1, 0.15) is 12.8 Å². The van der Waals surface area contributed by atoms with Gasteiger partial charge in [-0.15, -0.1) is 0 Å². The van der Waals surface area contributed by atoms with Crippen molar-refractivity contribution in [3.05, 3.63) is 0 Å². The molecule has 0 spiro atoms. The Hall–Kier alpha value is -0.110. The minimum atomic E-state index is -2.00. The van der Waals surface area contributed by atoms with Crippen LogP contribution < -0.4 is 0 Å². The Kier molecular flexibility index (Phi) is 0.323. The van der Waals surface area contributed by atoms with E-state index in [1.54, 1.807) is 0 Å². The van der Waals surface area contributed by atoms with Crippen molar-refractivity contribution >= 4 is 0 Å². The van der Waals surface area contributed by atoms with Crippen molar-refractivity contribution in [2.45, 2.75) is 18.7 Å². The van der Waals surface area contributed by atoms with Crippen molar-refractivity contribution in [3.8, 4) is 0 Å². The van der Waals surface area contributed by atoms with E-state index in [4.69, 9.17) is 0 Å². The fraction of sp³-hybridized carbons (Fsp3) is 1.00. The molecule has 1 aliphatic rings. The van der Waals surface area contributed by atoms with E-state index in [2.05, 4.69) is 0 Å². The largest absolute Gasteiger partial charge is 0.241 e. The third kappa shape index (κ3) is 0.581. The summed E-state index contributed by atoms with van der Waals surface area (Å²) >= 11 is 0. The highest BCUT2D eigenvalue weighted by molar-refractivity contribution is 4.80. The number of hydrogen-bond acceptors (Lipinski definition) is 0. The van der Waals surface area contributed by atoms with E-state index in [1.165, 1.54) is 0 Å². The summed E-state index contributed by atoms with van der Waals surface area (Å²) in [7, 11) is 0. The lowest BCUT2D eigenvalue weighted by atomic mass is 10.8. The monoisotopic (exact) mass is 75.0 g/mol. The summed E-state index contributed by atoms with van der Waals surface area (Å²) in [5, 5.41) is 9.55. The minimum absolute atomic E-state index is 0.229. The highest BCUT2D eigenvalue weighted by Gasteiger charge is 2.42. The summed E-state index contributed by atoms with van der Waals surface area (Å²) in [5.41, 5.74) is 0. The number of alkyl halides is 1. The third-order valence-electron chi connectivity index (χ3n) is 0.643. The first kappa shape index (κ1) is 3.09. The topological polar surface area (TPSA) is 19.9 Å². The van der Waals surface area contributed by atoms with Gasteiger partial charge in [-0.2, -0.15) is 5.11 Å². The van der Waals surface area contributed by atoms with E-state index in [0.717, 1.165) is 0 Å². The van der Waals surface area contributed by atoms with Crippen LogP contribution in [0.4, 0.5) is 4.39 Å². The Morgan fingerprint density at radius 3 is 1.80 bits per heavy atom. The van der Waals surface area contributed by atoms with Crippen LogP contribution in [0, 0.1) is 0 Å². The van der Waals surface area contributed by atoms with E-state index in [1.807, 2.05) is 0 Å². The summed E-state index contributed by atoms with van der Waals surface area (Å²) in [4.78, 5) is 0. The Balaban J connectivity index is 2.38. The third-order valence-corrected chi connectivity index (χ3v) is 0.643. The number of halogens is 1. The van der Waals surface area contributed by atoms with Crippen LogP contribution in [-0.4, -0.2) is 5.85 Å². The van der Waals surface area contributed by atoms with E-state index < -0.39 is 5.85 Å². The molecule has 0 aromatic heterocycles. The van der Waals surface area contributed by atoms with E-state index in [0.29, 0.717) is 0 Å².